The molecule has 0 aliphatic rings. The van der Waals surface area contributed by atoms with Crippen LogP contribution >= 0.6 is 0 Å². The number of benzene rings is 2. The van der Waals surface area contributed by atoms with E-state index in [2.05, 4.69) is 20.7 Å². The van der Waals surface area contributed by atoms with E-state index in [0.717, 1.165) is 16.8 Å². The number of nitrogens with two attached hydrogens (primary N) is 3. The zero-order chi connectivity index (χ0) is 30.1. The number of aryl methyl sites for hydroxylation is 3. The fourth-order valence-electron chi connectivity index (χ4n) is 4.99. The Balaban J connectivity index is 1.42. The van der Waals surface area contributed by atoms with Gasteiger partial charge in [-0.2, -0.15) is 5.10 Å². The van der Waals surface area contributed by atoms with Crippen molar-refractivity contribution in [3.8, 4) is 0 Å². The van der Waals surface area contributed by atoms with E-state index in [1.165, 1.54) is 12.3 Å². The first kappa shape index (κ1) is 28.0. The van der Waals surface area contributed by atoms with Crippen LogP contribution in [0, 0.1) is 13.8 Å². The summed E-state index contributed by atoms with van der Waals surface area (Å²) in [6, 6.07) is 8.20. The van der Waals surface area contributed by atoms with Crippen LogP contribution in [0.15, 0.2) is 53.2 Å². The summed E-state index contributed by atoms with van der Waals surface area (Å²) in [7, 11) is 0. The van der Waals surface area contributed by atoms with Gasteiger partial charge in [-0.05, 0) is 56.7 Å². The summed E-state index contributed by atoms with van der Waals surface area (Å²) in [5.41, 5.74) is 22.3. The van der Waals surface area contributed by atoms with Crippen molar-refractivity contribution >= 4 is 57.0 Å². The van der Waals surface area contributed by atoms with Crippen molar-refractivity contribution < 1.29 is 18.8 Å². The van der Waals surface area contributed by atoms with Gasteiger partial charge < -0.3 is 31.5 Å². The quantitative estimate of drug-likeness (QED) is 0.124. The summed E-state index contributed by atoms with van der Waals surface area (Å²) in [5, 5.41) is 11.1. The molecule has 13 heteroatoms. The number of imidazole rings is 1. The minimum atomic E-state index is -0.595. The van der Waals surface area contributed by atoms with Gasteiger partial charge >= 0.3 is 0 Å². The Labute approximate surface area is 240 Å². The topological polar surface area (TPSA) is 202 Å². The number of furan rings is 1. The zero-order valence-electron chi connectivity index (χ0n) is 23.4. The number of amides is 3. The Hall–Kier alpha value is -5.59. The van der Waals surface area contributed by atoms with E-state index in [1.807, 2.05) is 37.5 Å². The summed E-state index contributed by atoms with van der Waals surface area (Å²) in [5.74, 6) is -1.21. The molecule has 0 spiro atoms. The summed E-state index contributed by atoms with van der Waals surface area (Å²) >= 11 is 0. The van der Waals surface area contributed by atoms with Crippen molar-refractivity contribution in [2.24, 2.45) is 11.5 Å². The van der Waals surface area contributed by atoms with Crippen molar-refractivity contribution in [1.82, 2.24) is 19.3 Å². The van der Waals surface area contributed by atoms with Gasteiger partial charge in [0.25, 0.3) is 5.91 Å². The number of hydrogen-bond acceptors (Lipinski definition) is 8. The lowest BCUT2D eigenvalue weighted by atomic mass is 10.1. The molecule has 3 amide bonds. The number of fused-ring (bicyclic) bond motifs is 2. The number of hydrogen-bond donors (Lipinski definition) is 5. The zero-order valence-corrected chi connectivity index (χ0v) is 23.4. The summed E-state index contributed by atoms with van der Waals surface area (Å²) in [6.07, 6.45) is 5.26. The molecular weight excluding hydrogens is 538 g/mol. The van der Waals surface area contributed by atoms with Crippen LogP contribution in [0.2, 0.25) is 0 Å². The average molecular weight is 570 g/mol. The number of nitrogen functional groups attached to an aromatic ring is 1. The third-order valence-corrected chi connectivity index (χ3v) is 6.86. The van der Waals surface area contributed by atoms with Gasteiger partial charge in [0.1, 0.15) is 11.4 Å². The first-order chi connectivity index (χ1) is 20.1. The van der Waals surface area contributed by atoms with E-state index in [0.29, 0.717) is 64.7 Å². The highest BCUT2D eigenvalue weighted by molar-refractivity contribution is 6.11. The molecule has 216 valence electrons. The summed E-state index contributed by atoms with van der Waals surface area (Å²) in [4.78, 5) is 41.5. The second-order valence-electron chi connectivity index (χ2n) is 9.78. The number of primary amides is 2. The lowest BCUT2D eigenvalue weighted by Crippen LogP contribution is -2.20. The Morgan fingerprint density at radius 1 is 1.07 bits per heavy atom. The van der Waals surface area contributed by atoms with Gasteiger partial charge in [-0.3, -0.25) is 24.4 Å². The van der Waals surface area contributed by atoms with Gasteiger partial charge in [-0.1, -0.05) is 12.2 Å². The van der Waals surface area contributed by atoms with Crippen molar-refractivity contribution in [1.29, 1.82) is 0 Å². The monoisotopic (exact) mass is 569 g/mol. The SMILES string of the molecule is CCn1nc(C)cc1C(=O)Nc1nc2cc(C(N)=O)cc(C)c2n1C/C=C/CNc1c(N)cc(C(N)=O)c2ccoc12. The second kappa shape index (κ2) is 11.1. The highest BCUT2D eigenvalue weighted by Crippen LogP contribution is 2.33. The molecule has 8 N–H and O–H groups in total. The molecule has 0 saturated heterocycles. The number of carbonyl (C=O) groups is 3. The maximum absolute atomic E-state index is 13.2. The van der Waals surface area contributed by atoms with Crippen molar-refractivity contribution in [3.05, 3.63) is 76.8 Å². The third kappa shape index (κ3) is 5.14. The Kier molecular flexibility index (Phi) is 7.40. The van der Waals surface area contributed by atoms with Crippen LogP contribution in [-0.2, 0) is 13.1 Å². The molecule has 0 aliphatic heterocycles. The number of aromatic nitrogens is 4. The van der Waals surface area contributed by atoms with Crippen LogP contribution in [0.1, 0.15) is 49.4 Å². The first-order valence-corrected chi connectivity index (χ1v) is 13.2. The Bertz CT molecular complexity index is 1890. The molecule has 0 fully saturated rings. The average Bonchev–Trinajstić information content (AvgIpc) is 3.66. The van der Waals surface area contributed by atoms with E-state index in [-0.39, 0.29) is 11.5 Å². The van der Waals surface area contributed by atoms with Crippen LogP contribution < -0.4 is 27.8 Å². The highest BCUT2D eigenvalue weighted by atomic mass is 16.3. The standard InChI is InChI=1S/C29H31N9O4/c1-4-38-22(12-16(3)36-38)28(41)35-29-34-21-13-17(26(31)39)11-15(2)24(21)37(29)9-6-5-8-33-23-20(30)14-19(27(32)40)18-7-10-42-25(18)23/h5-7,10-14,33H,4,8-9,30H2,1-3H3,(H2,31,39)(H2,32,40)(H,34,35,41)/b6-5+. The number of rotatable bonds is 10. The van der Waals surface area contributed by atoms with Gasteiger partial charge in [0.2, 0.25) is 17.8 Å². The second-order valence-corrected chi connectivity index (χ2v) is 9.78. The highest BCUT2D eigenvalue weighted by Gasteiger charge is 2.20. The lowest BCUT2D eigenvalue weighted by Gasteiger charge is -2.11. The molecule has 5 aromatic rings. The summed E-state index contributed by atoms with van der Waals surface area (Å²) in [6.45, 7) is 6.84. The Morgan fingerprint density at radius 2 is 1.86 bits per heavy atom. The molecule has 0 atom stereocenters. The van der Waals surface area contributed by atoms with E-state index in [4.69, 9.17) is 21.6 Å². The van der Waals surface area contributed by atoms with Crippen LogP contribution in [0.4, 0.5) is 17.3 Å². The third-order valence-electron chi connectivity index (χ3n) is 6.86. The largest absolute Gasteiger partial charge is 0.462 e. The van der Waals surface area contributed by atoms with Crippen LogP contribution in [0.25, 0.3) is 22.0 Å². The summed E-state index contributed by atoms with van der Waals surface area (Å²) < 4.78 is 9.04. The van der Waals surface area contributed by atoms with Gasteiger partial charge in [0.05, 0.1) is 34.2 Å². The van der Waals surface area contributed by atoms with E-state index in [9.17, 15) is 14.4 Å². The lowest BCUT2D eigenvalue weighted by molar-refractivity contribution is 0.0992. The number of nitrogens with one attached hydrogen (secondary N) is 2. The molecule has 5 rings (SSSR count). The molecule has 0 radical (unpaired) electrons. The van der Waals surface area contributed by atoms with Crippen LogP contribution in [-0.4, -0.2) is 43.6 Å². The normalized spacial score (nSPS) is 11.5. The molecule has 42 heavy (non-hydrogen) atoms. The molecule has 0 unspecified atom stereocenters. The minimum Gasteiger partial charge on any atom is -0.462 e. The molecular formula is C29H31N9O4. The predicted octanol–water partition coefficient (Wildman–Crippen LogP) is 3.32. The molecule has 0 saturated carbocycles. The maximum Gasteiger partial charge on any atom is 0.276 e. The molecule has 13 nitrogen and oxygen atoms in total. The number of anilines is 3. The van der Waals surface area contributed by atoms with Crippen LogP contribution in [0.5, 0.6) is 0 Å². The minimum absolute atomic E-state index is 0.283. The number of allylic oxidation sites excluding steroid dienone is 1. The number of carbonyl (C=O) groups excluding carboxylic acids is 3. The van der Waals surface area contributed by atoms with Gasteiger partial charge in [0.15, 0.2) is 5.58 Å². The molecule has 0 aliphatic carbocycles. The van der Waals surface area contributed by atoms with Crippen molar-refractivity contribution in [2.45, 2.75) is 33.9 Å². The Morgan fingerprint density at radius 3 is 2.57 bits per heavy atom. The number of nitrogens with zero attached hydrogens (tertiary/aromatic N) is 4. The molecule has 3 aromatic heterocycles. The van der Waals surface area contributed by atoms with E-state index < -0.39 is 11.8 Å². The van der Waals surface area contributed by atoms with E-state index in [1.54, 1.807) is 28.9 Å². The van der Waals surface area contributed by atoms with Crippen molar-refractivity contribution in [2.75, 3.05) is 22.9 Å². The first-order valence-electron chi connectivity index (χ1n) is 13.2. The fourth-order valence-corrected chi connectivity index (χ4v) is 4.99. The molecule has 3 heterocycles. The van der Waals surface area contributed by atoms with E-state index >= 15 is 0 Å². The van der Waals surface area contributed by atoms with Crippen LogP contribution in [0.3, 0.4) is 0 Å². The van der Waals surface area contributed by atoms with Gasteiger partial charge in [-0.25, -0.2) is 4.98 Å². The van der Waals surface area contributed by atoms with Gasteiger partial charge in [-0.15, -0.1) is 0 Å². The maximum atomic E-state index is 13.2. The fraction of sp³-hybridized carbons (Fsp3) is 0.207. The molecule has 0 bridgehead atoms. The van der Waals surface area contributed by atoms with Gasteiger partial charge in [0, 0.05) is 30.6 Å². The smallest absolute Gasteiger partial charge is 0.276 e. The van der Waals surface area contributed by atoms with Crippen molar-refractivity contribution in [3.63, 3.8) is 0 Å². The molecule has 2 aromatic carbocycles. The predicted molar refractivity (Wildman–Crippen MR) is 160 cm³/mol.